The van der Waals surface area contributed by atoms with E-state index in [1.54, 1.807) is 19.1 Å². The van der Waals surface area contributed by atoms with Crippen molar-refractivity contribution >= 4 is 40.5 Å². The smallest absolute Gasteiger partial charge is 0.325 e. The first-order chi connectivity index (χ1) is 14.4. The number of rotatable bonds is 7. The fourth-order valence-corrected chi connectivity index (χ4v) is 4.52. The summed E-state index contributed by atoms with van der Waals surface area (Å²) in [5.74, 6) is -1.25. The fraction of sp³-hybridized carbons (Fsp3) is 0.409. The van der Waals surface area contributed by atoms with Crippen LogP contribution >= 0.6 is 23.2 Å². The molecule has 1 aliphatic heterocycles. The monoisotopic (exact) mass is 456 g/mol. The lowest BCUT2D eigenvalue weighted by molar-refractivity contribution is -0.140. The highest BCUT2D eigenvalue weighted by Gasteiger charge is 2.25. The standard InChI is InChI=1S/C22H24Cl2F2N2O2/c1-2-30-21(29)12-27-17-10-18(23)22(19(24)11-17)28-7-3-4-14(13-28)8-15-5-6-16(25)9-20(15)26/h5-6,9-11,14,27H,2-4,7-8,12-13H2,1H3. The minimum atomic E-state index is -0.572. The average Bonchev–Trinajstić information content (AvgIpc) is 2.69. The van der Waals surface area contributed by atoms with Gasteiger partial charge in [-0.15, -0.1) is 0 Å². The maximum absolute atomic E-state index is 14.0. The molecule has 1 heterocycles. The minimum absolute atomic E-state index is 0.0227. The molecule has 0 aliphatic carbocycles. The van der Waals surface area contributed by atoms with E-state index in [0.717, 1.165) is 31.1 Å². The number of esters is 1. The van der Waals surface area contributed by atoms with Crippen LogP contribution in [-0.2, 0) is 16.0 Å². The highest BCUT2D eigenvalue weighted by atomic mass is 35.5. The number of hydrogen-bond donors (Lipinski definition) is 1. The Morgan fingerprint density at radius 3 is 2.63 bits per heavy atom. The summed E-state index contributed by atoms with van der Waals surface area (Å²) in [5, 5.41) is 3.91. The molecule has 2 aromatic rings. The van der Waals surface area contributed by atoms with Crippen molar-refractivity contribution in [3.8, 4) is 0 Å². The van der Waals surface area contributed by atoms with Crippen LogP contribution in [0.4, 0.5) is 20.2 Å². The summed E-state index contributed by atoms with van der Waals surface area (Å²) in [7, 11) is 0. The molecule has 0 aromatic heterocycles. The molecule has 1 fully saturated rings. The Labute approximate surface area is 185 Å². The zero-order chi connectivity index (χ0) is 21.7. The minimum Gasteiger partial charge on any atom is -0.465 e. The normalized spacial score (nSPS) is 16.4. The van der Waals surface area contributed by atoms with Gasteiger partial charge in [0.2, 0.25) is 0 Å². The van der Waals surface area contributed by atoms with Crippen molar-refractivity contribution in [1.29, 1.82) is 0 Å². The first kappa shape index (κ1) is 22.6. The maximum atomic E-state index is 14.0. The van der Waals surface area contributed by atoms with Crippen LogP contribution in [0.1, 0.15) is 25.3 Å². The molecule has 1 saturated heterocycles. The molecule has 0 amide bonds. The molecule has 8 heteroatoms. The number of hydrogen-bond acceptors (Lipinski definition) is 4. The molecular formula is C22H24Cl2F2N2O2. The van der Waals surface area contributed by atoms with Crippen LogP contribution in [0.15, 0.2) is 30.3 Å². The number of piperidine rings is 1. The summed E-state index contributed by atoms with van der Waals surface area (Å²) >= 11 is 13.0. The van der Waals surface area contributed by atoms with Crippen molar-refractivity contribution < 1.29 is 18.3 Å². The third-order valence-corrected chi connectivity index (χ3v) is 5.69. The quantitative estimate of drug-likeness (QED) is 0.542. The zero-order valence-corrected chi connectivity index (χ0v) is 18.2. The lowest BCUT2D eigenvalue weighted by Gasteiger charge is -2.35. The molecule has 0 radical (unpaired) electrons. The SMILES string of the molecule is CCOC(=O)CNc1cc(Cl)c(N2CCCC(Cc3ccc(F)cc3F)C2)c(Cl)c1. The number of nitrogens with zero attached hydrogens (tertiary/aromatic N) is 1. The predicted molar refractivity (Wildman–Crippen MR) is 117 cm³/mol. The van der Waals surface area contributed by atoms with Crippen molar-refractivity contribution in [3.63, 3.8) is 0 Å². The Kier molecular flexibility index (Phi) is 7.78. The van der Waals surface area contributed by atoms with Gasteiger partial charge in [-0.2, -0.15) is 0 Å². The molecule has 1 aliphatic rings. The van der Waals surface area contributed by atoms with Crippen LogP contribution in [0.25, 0.3) is 0 Å². The summed E-state index contributed by atoms with van der Waals surface area (Å²) in [6, 6.07) is 7.17. The number of ether oxygens (including phenoxy) is 1. The Balaban J connectivity index is 1.69. The van der Waals surface area contributed by atoms with Gasteiger partial charge in [0.15, 0.2) is 0 Å². The van der Waals surface area contributed by atoms with Crippen molar-refractivity contribution in [3.05, 3.63) is 57.6 Å². The molecule has 4 nitrogen and oxygen atoms in total. The van der Waals surface area contributed by atoms with E-state index in [4.69, 9.17) is 27.9 Å². The molecule has 2 aromatic carbocycles. The Bertz CT molecular complexity index is 888. The number of halogens is 4. The van der Waals surface area contributed by atoms with Crippen molar-refractivity contribution in [2.45, 2.75) is 26.2 Å². The van der Waals surface area contributed by atoms with E-state index >= 15 is 0 Å². The summed E-state index contributed by atoms with van der Waals surface area (Å²) in [6.45, 7) is 3.55. The highest BCUT2D eigenvalue weighted by Crippen LogP contribution is 2.39. The molecule has 1 atom stereocenters. The number of anilines is 2. The summed E-state index contributed by atoms with van der Waals surface area (Å²) in [4.78, 5) is 13.6. The lowest BCUT2D eigenvalue weighted by atomic mass is 9.90. The van der Waals surface area contributed by atoms with Crippen molar-refractivity contribution in [2.75, 3.05) is 36.5 Å². The van der Waals surface area contributed by atoms with E-state index in [1.165, 1.54) is 12.1 Å². The molecular weight excluding hydrogens is 433 g/mol. The number of benzene rings is 2. The van der Waals surface area contributed by atoms with Gasteiger partial charge in [-0.1, -0.05) is 29.3 Å². The van der Waals surface area contributed by atoms with E-state index in [1.807, 2.05) is 0 Å². The number of carbonyl (C=O) groups is 1. The summed E-state index contributed by atoms with van der Waals surface area (Å²) in [6.07, 6.45) is 2.39. The van der Waals surface area contributed by atoms with Crippen molar-refractivity contribution in [2.24, 2.45) is 5.92 Å². The van der Waals surface area contributed by atoms with Gasteiger partial charge in [-0.05, 0) is 55.9 Å². The van der Waals surface area contributed by atoms with Crippen LogP contribution in [0.2, 0.25) is 10.0 Å². The van der Waals surface area contributed by atoms with E-state index in [-0.39, 0.29) is 18.4 Å². The first-order valence-corrected chi connectivity index (χ1v) is 10.7. The molecule has 0 spiro atoms. The Hall–Kier alpha value is -2.05. The number of nitrogens with one attached hydrogen (secondary N) is 1. The second-order valence-electron chi connectivity index (χ2n) is 7.34. The topological polar surface area (TPSA) is 41.6 Å². The lowest BCUT2D eigenvalue weighted by Crippen LogP contribution is -2.36. The van der Waals surface area contributed by atoms with Gasteiger partial charge in [-0.25, -0.2) is 8.78 Å². The van der Waals surface area contributed by atoms with Gasteiger partial charge in [0.25, 0.3) is 0 Å². The number of carbonyl (C=O) groups excluding carboxylic acids is 1. The van der Waals surface area contributed by atoms with Gasteiger partial charge >= 0.3 is 5.97 Å². The highest BCUT2D eigenvalue weighted by molar-refractivity contribution is 6.39. The van der Waals surface area contributed by atoms with Gasteiger partial charge in [0.1, 0.15) is 18.2 Å². The third kappa shape index (κ3) is 5.76. The van der Waals surface area contributed by atoms with Crippen LogP contribution in [0.5, 0.6) is 0 Å². The molecule has 30 heavy (non-hydrogen) atoms. The molecule has 0 bridgehead atoms. The van der Waals surface area contributed by atoms with Gasteiger partial charge in [0.05, 0.1) is 22.3 Å². The Morgan fingerprint density at radius 1 is 1.23 bits per heavy atom. The summed E-state index contributed by atoms with van der Waals surface area (Å²) in [5.41, 5.74) is 1.87. The first-order valence-electron chi connectivity index (χ1n) is 9.94. The molecule has 3 rings (SSSR count). The van der Waals surface area contributed by atoms with Gasteiger partial charge in [0, 0.05) is 24.8 Å². The Morgan fingerprint density at radius 2 is 1.97 bits per heavy atom. The van der Waals surface area contributed by atoms with Crippen LogP contribution < -0.4 is 10.2 Å². The van der Waals surface area contributed by atoms with Gasteiger partial charge in [-0.3, -0.25) is 4.79 Å². The molecule has 162 valence electrons. The molecule has 0 saturated carbocycles. The van der Waals surface area contributed by atoms with E-state index < -0.39 is 11.6 Å². The third-order valence-electron chi connectivity index (χ3n) is 5.12. The zero-order valence-electron chi connectivity index (χ0n) is 16.7. The fourth-order valence-electron chi connectivity index (χ4n) is 3.79. The van der Waals surface area contributed by atoms with Gasteiger partial charge < -0.3 is 15.0 Å². The summed E-state index contributed by atoms with van der Waals surface area (Å²) < 4.78 is 32.1. The van der Waals surface area contributed by atoms with Crippen LogP contribution in [0, 0.1) is 17.6 Å². The maximum Gasteiger partial charge on any atom is 0.325 e. The second kappa shape index (κ2) is 10.3. The van der Waals surface area contributed by atoms with E-state index in [0.29, 0.717) is 40.9 Å². The molecule has 1 unspecified atom stereocenters. The average molecular weight is 457 g/mol. The largest absolute Gasteiger partial charge is 0.465 e. The second-order valence-corrected chi connectivity index (χ2v) is 8.16. The predicted octanol–water partition coefficient (Wildman–Crippen LogP) is 5.71. The van der Waals surface area contributed by atoms with E-state index in [2.05, 4.69) is 10.2 Å². The van der Waals surface area contributed by atoms with Crippen molar-refractivity contribution in [1.82, 2.24) is 0 Å². The van der Waals surface area contributed by atoms with Crippen LogP contribution in [-0.4, -0.2) is 32.2 Å². The molecule has 1 N–H and O–H groups in total. The van der Waals surface area contributed by atoms with E-state index in [9.17, 15) is 13.6 Å². The van der Waals surface area contributed by atoms with Crippen LogP contribution in [0.3, 0.4) is 0 Å².